The lowest BCUT2D eigenvalue weighted by molar-refractivity contribution is 0.00804. The third kappa shape index (κ3) is 3.54. The number of aromatic nitrogens is 1. The van der Waals surface area contributed by atoms with E-state index in [-0.39, 0.29) is 12.1 Å². The Morgan fingerprint density at radius 1 is 1.29 bits per heavy atom. The van der Waals surface area contributed by atoms with Crippen molar-refractivity contribution in [2.24, 2.45) is 0 Å². The molecule has 1 aliphatic rings. The molecule has 2 atom stereocenters. The van der Waals surface area contributed by atoms with Gasteiger partial charge in [0.2, 0.25) is 0 Å². The third-order valence-electron chi connectivity index (χ3n) is 4.55. The molecule has 0 spiro atoms. The Kier molecular flexibility index (Phi) is 4.52. The van der Waals surface area contributed by atoms with E-state index in [0.29, 0.717) is 12.6 Å². The SMILES string of the molecule is CC1CC(n2ccc3cc(Cl)ccc32)CCN1C(=O)OC(C)(C)C. The first-order chi connectivity index (χ1) is 11.2. The van der Waals surface area contributed by atoms with Crippen LogP contribution in [0, 0.1) is 0 Å². The number of halogens is 1. The van der Waals surface area contributed by atoms with Gasteiger partial charge in [0.05, 0.1) is 0 Å². The fraction of sp³-hybridized carbons (Fsp3) is 0.526. The van der Waals surface area contributed by atoms with Crippen LogP contribution in [-0.2, 0) is 4.74 Å². The van der Waals surface area contributed by atoms with E-state index in [1.165, 1.54) is 5.52 Å². The number of fused-ring (bicyclic) bond motifs is 1. The van der Waals surface area contributed by atoms with Crippen LogP contribution in [0.25, 0.3) is 10.9 Å². The summed E-state index contributed by atoms with van der Waals surface area (Å²) in [4.78, 5) is 14.2. The Morgan fingerprint density at radius 3 is 2.71 bits per heavy atom. The number of amides is 1. The molecule has 1 fully saturated rings. The van der Waals surface area contributed by atoms with E-state index in [1.54, 1.807) is 0 Å². The van der Waals surface area contributed by atoms with Gasteiger partial charge in [-0.3, -0.25) is 0 Å². The van der Waals surface area contributed by atoms with E-state index in [1.807, 2.05) is 37.8 Å². The molecule has 3 rings (SSSR count). The van der Waals surface area contributed by atoms with Crippen molar-refractivity contribution in [2.75, 3.05) is 6.54 Å². The van der Waals surface area contributed by atoms with Crippen molar-refractivity contribution < 1.29 is 9.53 Å². The van der Waals surface area contributed by atoms with Crippen LogP contribution in [0.1, 0.15) is 46.6 Å². The molecule has 1 aliphatic heterocycles. The molecule has 0 aliphatic carbocycles. The molecular formula is C19H25ClN2O2. The smallest absolute Gasteiger partial charge is 0.410 e. The highest BCUT2D eigenvalue weighted by Crippen LogP contribution is 2.32. The van der Waals surface area contributed by atoms with E-state index >= 15 is 0 Å². The second-order valence-electron chi connectivity index (χ2n) is 7.63. The average Bonchev–Trinajstić information content (AvgIpc) is 2.87. The Morgan fingerprint density at radius 2 is 2.04 bits per heavy atom. The molecule has 130 valence electrons. The molecule has 24 heavy (non-hydrogen) atoms. The highest BCUT2D eigenvalue weighted by atomic mass is 35.5. The first-order valence-electron chi connectivity index (χ1n) is 8.50. The van der Waals surface area contributed by atoms with Gasteiger partial charge in [0, 0.05) is 40.8 Å². The standard InChI is InChI=1S/C19H25ClN2O2/c1-13-11-16(8-10-21(13)18(23)24-19(2,3)4)22-9-7-14-12-15(20)5-6-17(14)22/h5-7,9,12-13,16H,8,10-11H2,1-4H3. The zero-order valence-electron chi connectivity index (χ0n) is 14.8. The third-order valence-corrected chi connectivity index (χ3v) is 4.79. The lowest BCUT2D eigenvalue weighted by Gasteiger charge is -2.39. The minimum Gasteiger partial charge on any atom is -0.444 e. The molecule has 5 heteroatoms. The van der Waals surface area contributed by atoms with Crippen LogP contribution < -0.4 is 0 Å². The minimum absolute atomic E-state index is 0.156. The lowest BCUT2D eigenvalue weighted by Crippen LogP contribution is -2.47. The molecule has 1 aromatic heterocycles. The minimum atomic E-state index is -0.455. The summed E-state index contributed by atoms with van der Waals surface area (Å²) < 4.78 is 7.84. The van der Waals surface area contributed by atoms with Crippen LogP contribution in [0.3, 0.4) is 0 Å². The van der Waals surface area contributed by atoms with Crippen LogP contribution in [0.2, 0.25) is 5.02 Å². The van der Waals surface area contributed by atoms with E-state index in [9.17, 15) is 4.79 Å². The van der Waals surface area contributed by atoms with Gasteiger partial charge in [0.15, 0.2) is 0 Å². The molecule has 0 radical (unpaired) electrons. The lowest BCUT2D eigenvalue weighted by atomic mass is 9.98. The number of benzene rings is 1. The highest BCUT2D eigenvalue weighted by Gasteiger charge is 2.32. The van der Waals surface area contributed by atoms with Crippen LogP contribution >= 0.6 is 11.6 Å². The van der Waals surface area contributed by atoms with Gasteiger partial charge in [-0.05, 0) is 64.8 Å². The summed E-state index contributed by atoms with van der Waals surface area (Å²) in [6, 6.07) is 8.64. The van der Waals surface area contributed by atoms with Gasteiger partial charge in [0.25, 0.3) is 0 Å². The normalized spacial score (nSPS) is 22.0. The van der Waals surface area contributed by atoms with Crippen molar-refractivity contribution in [1.82, 2.24) is 9.47 Å². The van der Waals surface area contributed by atoms with E-state index in [0.717, 1.165) is 23.3 Å². The average molecular weight is 349 g/mol. The molecule has 2 unspecified atom stereocenters. The number of likely N-dealkylation sites (tertiary alicyclic amines) is 1. The quantitative estimate of drug-likeness (QED) is 0.704. The molecular weight excluding hydrogens is 324 g/mol. The Labute approximate surface area is 148 Å². The molecule has 2 aromatic rings. The maximum Gasteiger partial charge on any atom is 0.410 e. The number of carbonyl (C=O) groups excluding carboxylic acids is 1. The summed E-state index contributed by atoms with van der Waals surface area (Å²) in [5.74, 6) is 0. The molecule has 2 heterocycles. The number of nitrogens with zero attached hydrogens (tertiary/aromatic N) is 2. The molecule has 4 nitrogen and oxygen atoms in total. The van der Waals surface area contributed by atoms with Crippen LogP contribution in [0.4, 0.5) is 4.79 Å². The van der Waals surface area contributed by atoms with E-state index in [4.69, 9.17) is 16.3 Å². The van der Waals surface area contributed by atoms with Crippen LogP contribution in [-0.4, -0.2) is 33.7 Å². The van der Waals surface area contributed by atoms with E-state index < -0.39 is 5.60 Å². The Hall–Kier alpha value is -1.68. The predicted octanol–water partition coefficient (Wildman–Crippen LogP) is 5.26. The van der Waals surface area contributed by atoms with Crippen molar-refractivity contribution >= 4 is 28.6 Å². The van der Waals surface area contributed by atoms with Gasteiger partial charge in [-0.25, -0.2) is 4.79 Å². The second-order valence-corrected chi connectivity index (χ2v) is 8.06. The molecule has 0 saturated carbocycles. The summed E-state index contributed by atoms with van der Waals surface area (Å²) in [6.07, 6.45) is 3.76. The van der Waals surface area contributed by atoms with Crippen molar-refractivity contribution in [3.05, 3.63) is 35.5 Å². The number of carbonyl (C=O) groups is 1. The van der Waals surface area contributed by atoms with Gasteiger partial charge in [-0.2, -0.15) is 0 Å². The number of ether oxygens (including phenoxy) is 1. The molecule has 0 N–H and O–H groups in total. The van der Waals surface area contributed by atoms with Crippen LogP contribution in [0.5, 0.6) is 0 Å². The summed E-state index contributed by atoms with van der Waals surface area (Å²) in [5.41, 5.74) is 0.742. The van der Waals surface area contributed by atoms with Crippen LogP contribution in [0.15, 0.2) is 30.5 Å². The summed E-state index contributed by atoms with van der Waals surface area (Å²) in [5, 5.41) is 1.91. The topological polar surface area (TPSA) is 34.5 Å². The first-order valence-corrected chi connectivity index (χ1v) is 8.88. The van der Waals surface area contributed by atoms with Gasteiger partial charge in [-0.1, -0.05) is 11.6 Å². The van der Waals surface area contributed by atoms with Crippen molar-refractivity contribution in [1.29, 1.82) is 0 Å². The first kappa shape index (κ1) is 17.2. The zero-order valence-corrected chi connectivity index (χ0v) is 15.5. The maximum absolute atomic E-state index is 12.3. The summed E-state index contributed by atoms with van der Waals surface area (Å²) in [6.45, 7) is 8.52. The van der Waals surface area contributed by atoms with Crippen molar-refractivity contribution in [2.45, 2.75) is 58.2 Å². The van der Waals surface area contributed by atoms with Gasteiger partial charge >= 0.3 is 6.09 Å². The fourth-order valence-electron chi connectivity index (χ4n) is 3.45. The zero-order chi connectivity index (χ0) is 17.5. The number of piperidine rings is 1. The molecule has 1 aromatic carbocycles. The van der Waals surface area contributed by atoms with Crippen molar-refractivity contribution in [3.8, 4) is 0 Å². The number of hydrogen-bond donors (Lipinski definition) is 0. The summed E-state index contributed by atoms with van der Waals surface area (Å²) in [7, 11) is 0. The molecule has 0 bridgehead atoms. The van der Waals surface area contributed by atoms with E-state index in [2.05, 4.69) is 29.8 Å². The monoisotopic (exact) mass is 348 g/mol. The highest BCUT2D eigenvalue weighted by molar-refractivity contribution is 6.31. The maximum atomic E-state index is 12.3. The second kappa shape index (κ2) is 6.32. The van der Waals surface area contributed by atoms with Gasteiger partial charge in [0.1, 0.15) is 5.60 Å². The number of rotatable bonds is 1. The van der Waals surface area contributed by atoms with Gasteiger partial charge in [-0.15, -0.1) is 0 Å². The molecule has 1 saturated heterocycles. The molecule has 1 amide bonds. The largest absolute Gasteiger partial charge is 0.444 e. The van der Waals surface area contributed by atoms with Crippen molar-refractivity contribution in [3.63, 3.8) is 0 Å². The number of hydrogen-bond acceptors (Lipinski definition) is 2. The predicted molar refractivity (Wildman–Crippen MR) is 97.6 cm³/mol. The van der Waals surface area contributed by atoms with Gasteiger partial charge < -0.3 is 14.2 Å². The fourth-order valence-corrected chi connectivity index (χ4v) is 3.63. The summed E-state index contributed by atoms with van der Waals surface area (Å²) >= 11 is 6.08. The Bertz CT molecular complexity index is 747. The Balaban J connectivity index is 1.74.